The fourth-order valence-electron chi connectivity index (χ4n) is 0.979. The third-order valence-electron chi connectivity index (χ3n) is 1.51. The molecule has 76 valence electrons. The predicted octanol–water partition coefficient (Wildman–Crippen LogP) is 1.99. The first kappa shape index (κ1) is 10.5. The SMILES string of the molecule is CC(C)(C)Nc1ccc(C(=O)O)cn1. The molecule has 1 aromatic heterocycles. The summed E-state index contributed by atoms with van der Waals surface area (Å²) in [7, 11) is 0. The Balaban J connectivity index is 2.79. The van der Waals surface area contributed by atoms with Gasteiger partial charge in [-0.2, -0.15) is 0 Å². The molecule has 0 aliphatic carbocycles. The maximum Gasteiger partial charge on any atom is 0.337 e. The first-order valence-electron chi connectivity index (χ1n) is 4.36. The van der Waals surface area contributed by atoms with Gasteiger partial charge in [0.05, 0.1) is 5.56 Å². The highest BCUT2D eigenvalue weighted by atomic mass is 16.4. The second-order valence-electron chi connectivity index (χ2n) is 4.11. The quantitative estimate of drug-likeness (QED) is 0.755. The summed E-state index contributed by atoms with van der Waals surface area (Å²) in [6, 6.07) is 3.19. The van der Waals surface area contributed by atoms with E-state index in [1.54, 1.807) is 6.07 Å². The molecule has 0 bridgehead atoms. The van der Waals surface area contributed by atoms with Gasteiger partial charge in [-0.05, 0) is 32.9 Å². The second-order valence-corrected chi connectivity index (χ2v) is 4.11. The Kier molecular flexibility index (Phi) is 2.74. The Morgan fingerprint density at radius 1 is 1.43 bits per heavy atom. The van der Waals surface area contributed by atoms with Gasteiger partial charge in [0.25, 0.3) is 0 Å². The molecule has 1 rings (SSSR count). The van der Waals surface area contributed by atoms with Crippen molar-refractivity contribution in [3.8, 4) is 0 Å². The molecule has 0 spiro atoms. The minimum absolute atomic E-state index is 0.0717. The first-order chi connectivity index (χ1) is 6.38. The standard InChI is InChI=1S/C10H14N2O2/c1-10(2,3)12-8-5-4-7(6-11-8)9(13)14/h4-6H,1-3H3,(H,11,12)(H,13,14). The molecular weight excluding hydrogens is 180 g/mol. The van der Waals surface area contributed by atoms with Crippen LogP contribution in [0.4, 0.5) is 5.82 Å². The van der Waals surface area contributed by atoms with Gasteiger partial charge in [-0.1, -0.05) is 0 Å². The van der Waals surface area contributed by atoms with Gasteiger partial charge in [0.2, 0.25) is 0 Å². The summed E-state index contributed by atoms with van der Waals surface area (Å²) in [5.74, 6) is -0.276. The van der Waals surface area contributed by atoms with Crippen LogP contribution in [0.25, 0.3) is 0 Å². The van der Waals surface area contributed by atoms with Crippen LogP contribution in [0.5, 0.6) is 0 Å². The molecule has 2 N–H and O–H groups in total. The molecule has 4 nitrogen and oxygen atoms in total. The lowest BCUT2D eigenvalue weighted by Gasteiger charge is -2.21. The van der Waals surface area contributed by atoms with Gasteiger partial charge in [0.15, 0.2) is 0 Å². The van der Waals surface area contributed by atoms with E-state index in [2.05, 4.69) is 10.3 Å². The van der Waals surface area contributed by atoms with Crippen LogP contribution in [0, 0.1) is 0 Å². The van der Waals surface area contributed by atoms with Crippen molar-refractivity contribution in [3.05, 3.63) is 23.9 Å². The maximum absolute atomic E-state index is 10.5. The summed E-state index contributed by atoms with van der Waals surface area (Å²) in [5, 5.41) is 11.8. The van der Waals surface area contributed by atoms with Gasteiger partial charge in [0, 0.05) is 11.7 Å². The summed E-state index contributed by atoms with van der Waals surface area (Å²) >= 11 is 0. The number of aromatic carboxylic acids is 1. The number of hydrogen-bond acceptors (Lipinski definition) is 3. The lowest BCUT2D eigenvalue weighted by Crippen LogP contribution is -2.26. The molecule has 0 unspecified atom stereocenters. The van der Waals surface area contributed by atoms with Crippen LogP contribution in [0.2, 0.25) is 0 Å². The van der Waals surface area contributed by atoms with Gasteiger partial charge in [-0.15, -0.1) is 0 Å². The van der Waals surface area contributed by atoms with Crippen LogP contribution < -0.4 is 5.32 Å². The molecule has 14 heavy (non-hydrogen) atoms. The van der Waals surface area contributed by atoms with Crippen molar-refractivity contribution in [2.45, 2.75) is 26.3 Å². The van der Waals surface area contributed by atoms with Crippen LogP contribution in [-0.2, 0) is 0 Å². The molecule has 1 aromatic rings. The first-order valence-corrected chi connectivity index (χ1v) is 4.36. The molecule has 0 radical (unpaired) electrons. The lowest BCUT2D eigenvalue weighted by atomic mass is 10.1. The van der Waals surface area contributed by atoms with Gasteiger partial charge >= 0.3 is 5.97 Å². The van der Waals surface area contributed by atoms with Crippen LogP contribution >= 0.6 is 0 Å². The van der Waals surface area contributed by atoms with Crippen molar-refractivity contribution in [1.82, 2.24) is 4.98 Å². The van der Waals surface area contributed by atoms with Crippen LogP contribution in [-0.4, -0.2) is 21.6 Å². The normalized spacial score (nSPS) is 11.1. The highest BCUT2D eigenvalue weighted by Gasteiger charge is 2.10. The van der Waals surface area contributed by atoms with Crippen molar-refractivity contribution in [3.63, 3.8) is 0 Å². The summed E-state index contributed by atoms with van der Waals surface area (Å²) in [6.45, 7) is 6.04. The lowest BCUT2D eigenvalue weighted by molar-refractivity contribution is 0.0696. The molecule has 0 saturated heterocycles. The Morgan fingerprint density at radius 3 is 2.43 bits per heavy atom. The third-order valence-corrected chi connectivity index (χ3v) is 1.51. The van der Waals surface area contributed by atoms with E-state index in [9.17, 15) is 4.79 Å². The molecule has 0 aliphatic heterocycles. The zero-order chi connectivity index (χ0) is 10.8. The zero-order valence-corrected chi connectivity index (χ0v) is 8.53. The number of nitrogens with one attached hydrogen (secondary N) is 1. The molecule has 4 heteroatoms. The average Bonchev–Trinajstić information content (AvgIpc) is 2.02. The Bertz CT molecular complexity index is 325. The van der Waals surface area contributed by atoms with Crippen molar-refractivity contribution < 1.29 is 9.90 Å². The Hall–Kier alpha value is -1.58. The van der Waals surface area contributed by atoms with Crippen LogP contribution in [0.1, 0.15) is 31.1 Å². The highest BCUT2D eigenvalue weighted by molar-refractivity contribution is 5.87. The van der Waals surface area contributed by atoms with Gasteiger partial charge in [-0.3, -0.25) is 0 Å². The van der Waals surface area contributed by atoms with Crippen LogP contribution in [0.15, 0.2) is 18.3 Å². The number of rotatable bonds is 2. The smallest absolute Gasteiger partial charge is 0.337 e. The number of carbonyl (C=O) groups is 1. The fraction of sp³-hybridized carbons (Fsp3) is 0.400. The largest absolute Gasteiger partial charge is 0.478 e. The molecule has 0 fully saturated rings. The topological polar surface area (TPSA) is 62.2 Å². The van der Waals surface area contributed by atoms with Gasteiger partial charge in [-0.25, -0.2) is 9.78 Å². The number of anilines is 1. The van der Waals surface area contributed by atoms with Gasteiger partial charge in [0.1, 0.15) is 5.82 Å². The van der Waals surface area contributed by atoms with Crippen LogP contribution in [0.3, 0.4) is 0 Å². The molecule has 1 heterocycles. The predicted molar refractivity (Wildman–Crippen MR) is 54.6 cm³/mol. The minimum atomic E-state index is -0.959. The van der Waals surface area contributed by atoms with E-state index in [0.29, 0.717) is 5.82 Å². The number of carboxylic acids is 1. The average molecular weight is 194 g/mol. The maximum atomic E-state index is 10.5. The van der Waals surface area contributed by atoms with E-state index in [1.165, 1.54) is 12.3 Å². The van der Waals surface area contributed by atoms with Crippen molar-refractivity contribution >= 4 is 11.8 Å². The van der Waals surface area contributed by atoms with Gasteiger partial charge < -0.3 is 10.4 Å². The van der Waals surface area contributed by atoms with E-state index in [4.69, 9.17) is 5.11 Å². The summed E-state index contributed by atoms with van der Waals surface area (Å²) in [6.07, 6.45) is 1.34. The Morgan fingerprint density at radius 2 is 2.07 bits per heavy atom. The van der Waals surface area contributed by atoms with E-state index in [-0.39, 0.29) is 11.1 Å². The second kappa shape index (κ2) is 3.65. The molecule has 0 aliphatic rings. The fourth-order valence-corrected chi connectivity index (χ4v) is 0.979. The molecule has 0 aromatic carbocycles. The summed E-state index contributed by atoms with van der Waals surface area (Å²) < 4.78 is 0. The molecular formula is C10H14N2O2. The number of pyridine rings is 1. The number of aromatic nitrogens is 1. The summed E-state index contributed by atoms with van der Waals surface area (Å²) in [5.41, 5.74) is 0.127. The molecule has 0 amide bonds. The van der Waals surface area contributed by atoms with E-state index in [0.717, 1.165) is 0 Å². The number of carboxylic acid groups (broad SMARTS) is 1. The molecule has 0 atom stereocenters. The third kappa shape index (κ3) is 3.05. The number of hydrogen-bond donors (Lipinski definition) is 2. The molecule has 0 saturated carbocycles. The Labute approximate surface area is 83.0 Å². The van der Waals surface area contributed by atoms with E-state index >= 15 is 0 Å². The highest BCUT2D eigenvalue weighted by Crippen LogP contribution is 2.11. The van der Waals surface area contributed by atoms with E-state index in [1.807, 2.05) is 20.8 Å². The summed E-state index contributed by atoms with van der Waals surface area (Å²) in [4.78, 5) is 14.5. The van der Waals surface area contributed by atoms with Crippen molar-refractivity contribution in [2.24, 2.45) is 0 Å². The minimum Gasteiger partial charge on any atom is -0.478 e. The monoisotopic (exact) mass is 194 g/mol. The van der Waals surface area contributed by atoms with E-state index < -0.39 is 5.97 Å². The number of nitrogens with zero attached hydrogens (tertiary/aromatic N) is 1. The zero-order valence-electron chi connectivity index (χ0n) is 8.53. The van der Waals surface area contributed by atoms with Crippen molar-refractivity contribution in [2.75, 3.05) is 5.32 Å². The van der Waals surface area contributed by atoms with Crippen molar-refractivity contribution in [1.29, 1.82) is 0 Å².